The van der Waals surface area contributed by atoms with Crippen LogP contribution in [0.3, 0.4) is 0 Å². The molecule has 1 N–H and O–H groups in total. The van der Waals surface area contributed by atoms with Gasteiger partial charge in [-0.15, -0.1) is 0 Å². The first kappa shape index (κ1) is 15.0. The van der Waals surface area contributed by atoms with Crippen molar-refractivity contribution in [2.24, 2.45) is 0 Å². The van der Waals surface area contributed by atoms with Crippen molar-refractivity contribution in [1.29, 1.82) is 0 Å². The number of benzene rings is 2. The molecule has 0 saturated heterocycles. The van der Waals surface area contributed by atoms with Crippen LogP contribution in [0.4, 0.5) is 0 Å². The average Bonchev–Trinajstić information content (AvgIpc) is 2.51. The molecule has 2 aromatic carbocycles. The number of pyridine rings is 1. The Bertz CT molecular complexity index is 790. The molecule has 0 radical (unpaired) electrons. The zero-order chi connectivity index (χ0) is 15.5. The van der Waals surface area contributed by atoms with Gasteiger partial charge in [0.25, 0.3) is 0 Å². The van der Waals surface area contributed by atoms with Gasteiger partial charge in [0.15, 0.2) is 0 Å². The standard InChI is InChI=1S/C18H17BrN2O/c1-21(11-13-3-2-8-20-10-13)12-17-16-6-5-15(19)9-14(16)4-7-18(17)22/h2-10,22H,11-12H2,1H3. The third-order valence-corrected chi connectivity index (χ3v) is 4.17. The van der Waals surface area contributed by atoms with Crippen LogP contribution in [0.25, 0.3) is 10.8 Å². The molecule has 0 spiro atoms. The van der Waals surface area contributed by atoms with Gasteiger partial charge in [-0.1, -0.05) is 34.1 Å². The molecule has 0 bridgehead atoms. The second kappa shape index (κ2) is 6.46. The number of rotatable bonds is 4. The van der Waals surface area contributed by atoms with Crippen molar-refractivity contribution in [1.82, 2.24) is 9.88 Å². The Morgan fingerprint density at radius 2 is 2.00 bits per heavy atom. The van der Waals surface area contributed by atoms with E-state index in [4.69, 9.17) is 0 Å². The highest BCUT2D eigenvalue weighted by molar-refractivity contribution is 9.10. The van der Waals surface area contributed by atoms with Crippen LogP contribution in [0.5, 0.6) is 5.75 Å². The van der Waals surface area contributed by atoms with Gasteiger partial charge in [-0.3, -0.25) is 9.88 Å². The van der Waals surface area contributed by atoms with Crippen LogP contribution in [-0.4, -0.2) is 22.0 Å². The van der Waals surface area contributed by atoms with Crippen molar-refractivity contribution in [2.45, 2.75) is 13.1 Å². The first-order chi connectivity index (χ1) is 10.6. The van der Waals surface area contributed by atoms with Crippen LogP contribution < -0.4 is 0 Å². The minimum absolute atomic E-state index is 0.341. The Morgan fingerprint density at radius 1 is 1.14 bits per heavy atom. The molecule has 0 saturated carbocycles. The number of halogens is 1. The minimum atomic E-state index is 0.341. The number of phenols is 1. The Kier molecular flexibility index (Phi) is 4.41. The van der Waals surface area contributed by atoms with Gasteiger partial charge < -0.3 is 5.11 Å². The molecule has 0 unspecified atom stereocenters. The van der Waals surface area contributed by atoms with Crippen LogP contribution in [0.1, 0.15) is 11.1 Å². The summed E-state index contributed by atoms with van der Waals surface area (Å²) in [5, 5.41) is 12.4. The van der Waals surface area contributed by atoms with Crippen molar-refractivity contribution < 1.29 is 5.11 Å². The van der Waals surface area contributed by atoms with Gasteiger partial charge in [-0.25, -0.2) is 0 Å². The second-order valence-corrected chi connectivity index (χ2v) is 6.38. The molecule has 22 heavy (non-hydrogen) atoms. The second-order valence-electron chi connectivity index (χ2n) is 5.46. The largest absolute Gasteiger partial charge is 0.508 e. The predicted molar refractivity (Wildman–Crippen MR) is 92.7 cm³/mol. The van der Waals surface area contributed by atoms with Gasteiger partial charge >= 0.3 is 0 Å². The van der Waals surface area contributed by atoms with Crippen LogP contribution in [0.15, 0.2) is 59.3 Å². The summed E-state index contributed by atoms with van der Waals surface area (Å²) in [6.07, 6.45) is 3.65. The van der Waals surface area contributed by atoms with E-state index in [1.807, 2.05) is 37.5 Å². The Balaban J connectivity index is 1.88. The molecule has 4 heteroatoms. The van der Waals surface area contributed by atoms with E-state index >= 15 is 0 Å². The lowest BCUT2D eigenvalue weighted by Crippen LogP contribution is -2.17. The van der Waals surface area contributed by atoms with E-state index in [1.165, 1.54) is 0 Å². The Morgan fingerprint density at radius 3 is 2.77 bits per heavy atom. The van der Waals surface area contributed by atoms with Gasteiger partial charge in [-0.05, 0) is 47.6 Å². The summed E-state index contributed by atoms with van der Waals surface area (Å²) in [6, 6.07) is 13.8. The van der Waals surface area contributed by atoms with Crippen LogP contribution in [0.2, 0.25) is 0 Å². The molecule has 0 aliphatic rings. The summed E-state index contributed by atoms with van der Waals surface area (Å²) in [7, 11) is 2.05. The maximum Gasteiger partial charge on any atom is 0.120 e. The maximum absolute atomic E-state index is 10.2. The molecule has 0 fully saturated rings. The van der Waals surface area contributed by atoms with E-state index < -0.39 is 0 Å². The lowest BCUT2D eigenvalue weighted by Gasteiger charge is -2.19. The van der Waals surface area contributed by atoms with Gasteiger partial charge in [0.05, 0.1) is 0 Å². The fourth-order valence-electron chi connectivity index (χ4n) is 2.65. The summed E-state index contributed by atoms with van der Waals surface area (Å²) >= 11 is 3.49. The highest BCUT2D eigenvalue weighted by atomic mass is 79.9. The summed E-state index contributed by atoms with van der Waals surface area (Å²) in [6.45, 7) is 1.47. The first-order valence-corrected chi connectivity index (χ1v) is 7.90. The molecule has 0 amide bonds. The lowest BCUT2D eigenvalue weighted by molar-refractivity contribution is 0.313. The molecule has 1 heterocycles. The zero-order valence-electron chi connectivity index (χ0n) is 12.3. The van der Waals surface area contributed by atoms with E-state index in [2.05, 4.69) is 37.9 Å². The quantitative estimate of drug-likeness (QED) is 0.755. The average molecular weight is 357 g/mol. The highest BCUT2D eigenvalue weighted by Crippen LogP contribution is 2.30. The third-order valence-electron chi connectivity index (χ3n) is 3.67. The van der Waals surface area contributed by atoms with Gasteiger partial charge in [-0.2, -0.15) is 0 Å². The molecule has 1 aromatic heterocycles. The number of hydrogen-bond acceptors (Lipinski definition) is 3. The van der Waals surface area contributed by atoms with Crippen molar-refractivity contribution in [3.05, 3.63) is 70.5 Å². The van der Waals surface area contributed by atoms with Crippen molar-refractivity contribution in [3.63, 3.8) is 0 Å². The molecule has 0 aliphatic heterocycles. The molecule has 0 atom stereocenters. The monoisotopic (exact) mass is 356 g/mol. The zero-order valence-corrected chi connectivity index (χ0v) is 13.9. The lowest BCUT2D eigenvalue weighted by atomic mass is 10.0. The SMILES string of the molecule is CN(Cc1cccnc1)Cc1c(O)ccc2cc(Br)ccc12. The van der Waals surface area contributed by atoms with Crippen LogP contribution in [0, 0.1) is 0 Å². The number of aromatic nitrogens is 1. The van der Waals surface area contributed by atoms with Crippen LogP contribution in [-0.2, 0) is 13.1 Å². The number of nitrogens with zero attached hydrogens (tertiary/aromatic N) is 2. The molecule has 3 nitrogen and oxygen atoms in total. The molecular weight excluding hydrogens is 340 g/mol. The minimum Gasteiger partial charge on any atom is -0.508 e. The van der Waals surface area contributed by atoms with Crippen molar-refractivity contribution in [2.75, 3.05) is 7.05 Å². The highest BCUT2D eigenvalue weighted by Gasteiger charge is 2.10. The van der Waals surface area contributed by atoms with Gasteiger partial charge in [0.2, 0.25) is 0 Å². The van der Waals surface area contributed by atoms with Gasteiger partial charge in [0, 0.05) is 35.5 Å². The smallest absolute Gasteiger partial charge is 0.120 e. The van der Waals surface area contributed by atoms with E-state index in [1.54, 1.807) is 12.3 Å². The topological polar surface area (TPSA) is 36.4 Å². The Labute approximate surface area is 138 Å². The van der Waals surface area contributed by atoms with Crippen molar-refractivity contribution >= 4 is 26.7 Å². The number of phenolic OH excluding ortho intramolecular Hbond substituents is 1. The van der Waals surface area contributed by atoms with E-state index in [-0.39, 0.29) is 0 Å². The molecular formula is C18H17BrN2O. The molecule has 3 rings (SSSR count). The fourth-order valence-corrected chi connectivity index (χ4v) is 3.03. The molecule has 3 aromatic rings. The maximum atomic E-state index is 10.2. The summed E-state index contributed by atoms with van der Waals surface area (Å²) in [4.78, 5) is 6.31. The van der Waals surface area contributed by atoms with Gasteiger partial charge in [0.1, 0.15) is 5.75 Å². The van der Waals surface area contributed by atoms with E-state index in [9.17, 15) is 5.11 Å². The third kappa shape index (κ3) is 3.29. The Hall–Kier alpha value is -1.91. The molecule has 112 valence electrons. The first-order valence-electron chi connectivity index (χ1n) is 7.11. The van der Waals surface area contributed by atoms with Crippen molar-refractivity contribution in [3.8, 4) is 5.75 Å². The number of fused-ring (bicyclic) bond motifs is 1. The predicted octanol–water partition coefficient (Wildman–Crippen LogP) is 4.33. The van der Waals surface area contributed by atoms with Crippen LogP contribution >= 0.6 is 15.9 Å². The summed E-state index contributed by atoms with van der Waals surface area (Å²) in [5.74, 6) is 0.341. The number of hydrogen-bond donors (Lipinski definition) is 1. The summed E-state index contributed by atoms with van der Waals surface area (Å²) in [5.41, 5.74) is 2.11. The summed E-state index contributed by atoms with van der Waals surface area (Å²) < 4.78 is 1.04. The van der Waals surface area contributed by atoms with E-state index in [0.29, 0.717) is 12.3 Å². The van der Waals surface area contributed by atoms with E-state index in [0.717, 1.165) is 32.9 Å². The normalized spacial score (nSPS) is 11.2. The fraction of sp³-hybridized carbons (Fsp3) is 0.167. The molecule has 0 aliphatic carbocycles. The number of aromatic hydroxyl groups is 1.